The third-order valence-corrected chi connectivity index (χ3v) is 6.86. The summed E-state index contributed by atoms with van der Waals surface area (Å²) in [5.74, 6) is -0.364. The van der Waals surface area contributed by atoms with E-state index in [1.54, 1.807) is 12.1 Å². The van der Waals surface area contributed by atoms with Crippen LogP contribution in [-0.4, -0.2) is 38.1 Å². The number of carbonyl (C=O) groups excluding carboxylic acids is 2. The summed E-state index contributed by atoms with van der Waals surface area (Å²) in [6.07, 6.45) is 6.13. The first-order chi connectivity index (χ1) is 15.5. The van der Waals surface area contributed by atoms with Crippen molar-refractivity contribution in [2.24, 2.45) is 0 Å². The Balaban J connectivity index is 1.51. The number of benzene rings is 2. The number of likely N-dealkylation sites (N-methyl/N-ethyl adjacent to an activating group) is 1. The first kappa shape index (κ1) is 22.3. The van der Waals surface area contributed by atoms with Crippen molar-refractivity contribution in [2.45, 2.75) is 63.2 Å². The average Bonchev–Trinajstić information content (AvgIpc) is 3.11. The maximum Gasteiger partial charge on any atom is 0.337 e. The van der Waals surface area contributed by atoms with Gasteiger partial charge in [0.1, 0.15) is 6.04 Å². The van der Waals surface area contributed by atoms with Crippen molar-refractivity contribution < 1.29 is 14.3 Å². The number of para-hydroxylation sites is 1. The molecule has 1 saturated carbocycles. The van der Waals surface area contributed by atoms with Crippen molar-refractivity contribution in [3.8, 4) is 0 Å². The lowest BCUT2D eigenvalue weighted by molar-refractivity contribution is -0.123. The number of anilines is 1. The molecule has 3 unspecified atom stereocenters. The smallest absolute Gasteiger partial charge is 0.337 e. The van der Waals surface area contributed by atoms with Crippen LogP contribution in [0.4, 0.5) is 5.69 Å². The molecule has 4 rings (SSSR count). The second-order valence-electron chi connectivity index (χ2n) is 8.94. The van der Waals surface area contributed by atoms with E-state index in [4.69, 9.17) is 4.74 Å². The maximum absolute atomic E-state index is 13.5. The molecule has 32 heavy (non-hydrogen) atoms. The minimum atomic E-state index is -0.366. The van der Waals surface area contributed by atoms with E-state index in [2.05, 4.69) is 27.7 Å². The Morgan fingerprint density at radius 1 is 1.03 bits per heavy atom. The molecule has 0 saturated heterocycles. The van der Waals surface area contributed by atoms with Crippen molar-refractivity contribution >= 4 is 17.6 Å². The standard InChI is InChI=1S/C26H33N3O3/c1-17(18-13-15-19(16-14-18)26(31)32-3)27-25(30)24-23(28-20-9-5-4-6-10-20)21-11-7-8-12-22(21)29(24)2/h7-8,11-17,20,23-24,28H,4-6,9-10H2,1-3H3,(H,27,30). The number of carbonyl (C=O) groups is 2. The Morgan fingerprint density at radius 3 is 2.41 bits per heavy atom. The van der Waals surface area contributed by atoms with Gasteiger partial charge in [0.2, 0.25) is 5.91 Å². The number of rotatable bonds is 6. The van der Waals surface area contributed by atoms with E-state index in [1.165, 1.54) is 44.8 Å². The predicted octanol–water partition coefficient (Wildman–Crippen LogP) is 4.13. The zero-order valence-electron chi connectivity index (χ0n) is 19.1. The van der Waals surface area contributed by atoms with Gasteiger partial charge in [-0.05, 0) is 49.1 Å². The molecule has 1 aliphatic carbocycles. The number of ether oxygens (including phenoxy) is 1. The summed E-state index contributed by atoms with van der Waals surface area (Å²) < 4.78 is 4.76. The number of amides is 1. The van der Waals surface area contributed by atoms with Gasteiger partial charge in [-0.1, -0.05) is 49.6 Å². The molecule has 170 valence electrons. The Kier molecular flexibility index (Phi) is 6.80. The molecule has 3 atom stereocenters. The summed E-state index contributed by atoms with van der Waals surface area (Å²) >= 11 is 0. The molecule has 1 amide bonds. The molecule has 6 nitrogen and oxygen atoms in total. The van der Waals surface area contributed by atoms with E-state index in [0.717, 1.165) is 11.3 Å². The van der Waals surface area contributed by atoms with E-state index in [1.807, 2.05) is 38.2 Å². The Labute approximate surface area is 190 Å². The summed E-state index contributed by atoms with van der Waals surface area (Å²) in [6, 6.07) is 15.4. The number of nitrogens with zero attached hydrogens (tertiary/aromatic N) is 1. The van der Waals surface area contributed by atoms with Crippen molar-refractivity contribution in [3.63, 3.8) is 0 Å². The molecular weight excluding hydrogens is 402 g/mol. The molecule has 6 heteroatoms. The third kappa shape index (κ3) is 4.51. The van der Waals surface area contributed by atoms with Gasteiger partial charge in [-0.15, -0.1) is 0 Å². The molecule has 1 aliphatic heterocycles. The Bertz CT molecular complexity index is 953. The largest absolute Gasteiger partial charge is 0.465 e. The highest BCUT2D eigenvalue weighted by Crippen LogP contribution is 2.39. The van der Waals surface area contributed by atoms with Crippen LogP contribution in [0.2, 0.25) is 0 Å². The summed E-state index contributed by atoms with van der Waals surface area (Å²) in [5.41, 5.74) is 3.74. The monoisotopic (exact) mass is 435 g/mol. The topological polar surface area (TPSA) is 70.7 Å². The van der Waals surface area contributed by atoms with Gasteiger partial charge in [0, 0.05) is 18.8 Å². The summed E-state index contributed by atoms with van der Waals surface area (Å²) in [6.45, 7) is 1.97. The highest BCUT2D eigenvalue weighted by molar-refractivity contribution is 5.90. The van der Waals surface area contributed by atoms with E-state index >= 15 is 0 Å². The zero-order valence-corrected chi connectivity index (χ0v) is 19.1. The van der Waals surface area contributed by atoms with Gasteiger partial charge in [0.05, 0.1) is 24.8 Å². The molecule has 2 N–H and O–H groups in total. The lowest BCUT2D eigenvalue weighted by Gasteiger charge is -2.32. The minimum absolute atomic E-state index is 0.00144. The first-order valence-corrected chi connectivity index (χ1v) is 11.6. The third-order valence-electron chi connectivity index (χ3n) is 6.86. The van der Waals surface area contributed by atoms with Crippen LogP contribution < -0.4 is 15.5 Å². The maximum atomic E-state index is 13.5. The van der Waals surface area contributed by atoms with Gasteiger partial charge in [-0.3, -0.25) is 4.79 Å². The molecule has 2 aliphatic rings. The van der Waals surface area contributed by atoms with Crippen molar-refractivity contribution in [1.82, 2.24) is 10.6 Å². The highest BCUT2D eigenvalue weighted by Gasteiger charge is 2.42. The lowest BCUT2D eigenvalue weighted by atomic mass is 9.93. The first-order valence-electron chi connectivity index (χ1n) is 11.6. The molecule has 0 bridgehead atoms. The van der Waals surface area contributed by atoms with Gasteiger partial charge < -0.3 is 20.3 Å². The van der Waals surface area contributed by atoms with Crippen LogP contribution in [-0.2, 0) is 9.53 Å². The van der Waals surface area contributed by atoms with Crippen LogP contribution in [0.5, 0.6) is 0 Å². The average molecular weight is 436 g/mol. The van der Waals surface area contributed by atoms with Crippen LogP contribution >= 0.6 is 0 Å². The fourth-order valence-corrected chi connectivity index (χ4v) is 5.05. The van der Waals surface area contributed by atoms with Gasteiger partial charge in [-0.25, -0.2) is 4.79 Å². The van der Waals surface area contributed by atoms with Gasteiger partial charge >= 0.3 is 5.97 Å². The molecular formula is C26H33N3O3. The van der Waals surface area contributed by atoms with Gasteiger partial charge in [0.15, 0.2) is 0 Å². The molecule has 2 aromatic carbocycles. The number of hydrogen-bond acceptors (Lipinski definition) is 5. The fourth-order valence-electron chi connectivity index (χ4n) is 5.05. The molecule has 1 fully saturated rings. The molecule has 0 aromatic heterocycles. The summed E-state index contributed by atoms with van der Waals surface area (Å²) in [5, 5.41) is 7.02. The van der Waals surface area contributed by atoms with Gasteiger partial charge in [-0.2, -0.15) is 0 Å². The molecule has 2 aromatic rings. The van der Waals surface area contributed by atoms with Crippen LogP contribution in [0.25, 0.3) is 0 Å². The summed E-state index contributed by atoms with van der Waals surface area (Å²) in [4.78, 5) is 27.3. The summed E-state index contributed by atoms with van der Waals surface area (Å²) in [7, 11) is 3.37. The van der Waals surface area contributed by atoms with Gasteiger partial charge in [0.25, 0.3) is 0 Å². The number of esters is 1. The van der Waals surface area contributed by atoms with E-state index in [0.29, 0.717) is 11.6 Å². The minimum Gasteiger partial charge on any atom is -0.465 e. The lowest BCUT2D eigenvalue weighted by Crippen LogP contribution is -2.51. The van der Waals surface area contributed by atoms with Crippen LogP contribution in [0, 0.1) is 0 Å². The molecule has 0 spiro atoms. The molecule has 1 heterocycles. The highest BCUT2D eigenvalue weighted by atomic mass is 16.5. The van der Waals surface area contributed by atoms with Crippen LogP contribution in [0.1, 0.15) is 72.6 Å². The Hall–Kier alpha value is -2.86. The SMILES string of the molecule is COC(=O)c1ccc(C(C)NC(=O)C2C(NC3CCCCC3)c3ccccc3N2C)cc1. The second kappa shape index (κ2) is 9.74. The van der Waals surface area contributed by atoms with Crippen molar-refractivity contribution in [1.29, 1.82) is 0 Å². The van der Waals surface area contributed by atoms with E-state index in [9.17, 15) is 9.59 Å². The number of hydrogen-bond donors (Lipinski definition) is 2. The Morgan fingerprint density at radius 2 is 1.72 bits per heavy atom. The van der Waals surface area contributed by atoms with Crippen LogP contribution in [0.3, 0.4) is 0 Å². The predicted molar refractivity (Wildman–Crippen MR) is 126 cm³/mol. The molecule has 0 radical (unpaired) electrons. The number of methoxy groups -OCH3 is 1. The van der Waals surface area contributed by atoms with E-state index in [-0.39, 0.29) is 30.0 Å². The quantitative estimate of drug-likeness (QED) is 0.668. The normalized spacial score (nSPS) is 21.7. The van der Waals surface area contributed by atoms with E-state index < -0.39 is 0 Å². The second-order valence-corrected chi connectivity index (χ2v) is 8.94. The fraction of sp³-hybridized carbons (Fsp3) is 0.462. The number of fused-ring (bicyclic) bond motifs is 1. The van der Waals surface area contributed by atoms with Crippen molar-refractivity contribution in [3.05, 3.63) is 65.2 Å². The number of nitrogens with one attached hydrogen (secondary N) is 2. The van der Waals surface area contributed by atoms with Crippen LogP contribution in [0.15, 0.2) is 48.5 Å². The van der Waals surface area contributed by atoms with Crippen molar-refractivity contribution in [2.75, 3.05) is 19.1 Å². The zero-order chi connectivity index (χ0) is 22.7.